The molecule has 0 heterocycles. The summed E-state index contributed by atoms with van der Waals surface area (Å²) in [5.41, 5.74) is 6.03. The average molecular weight is 265 g/mol. The lowest BCUT2D eigenvalue weighted by molar-refractivity contribution is -0.188. The van der Waals surface area contributed by atoms with Gasteiger partial charge in [-0.1, -0.05) is 19.1 Å². The lowest BCUT2D eigenvalue weighted by Crippen LogP contribution is -2.32. The van der Waals surface area contributed by atoms with Gasteiger partial charge in [-0.3, -0.25) is 0 Å². The molecule has 2 atom stereocenters. The highest BCUT2D eigenvalue weighted by Crippen LogP contribution is 2.26. The standard InChI is InChI=1S/C12H15F4NO/c1-2-10(17)11(18-7-12(14,15)16)8-4-3-5-9(13)6-8/h3-6,10-11H,2,7,17H2,1H3. The van der Waals surface area contributed by atoms with Crippen LogP contribution in [0, 0.1) is 5.82 Å². The molecule has 1 aromatic rings. The molecule has 102 valence electrons. The van der Waals surface area contributed by atoms with Gasteiger partial charge in [0.25, 0.3) is 0 Å². The smallest absolute Gasteiger partial charge is 0.362 e. The van der Waals surface area contributed by atoms with Gasteiger partial charge in [-0.05, 0) is 24.1 Å². The van der Waals surface area contributed by atoms with Crippen LogP contribution >= 0.6 is 0 Å². The summed E-state index contributed by atoms with van der Waals surface area (Å²) in [7, 11) is 0. The number of hydrogen-bond donors (Lipinski definition) is 1. The summed E-state index contributed by atoms with van der Waals surface area (Å²) in [4.78, 5) is 0. The molecule has 1 rings (SSSR count). The molecule has 0 radical (unpaired) electrons. The molecular formula is C12H15F4NO. The molecule has 0 fully saturated rings. The molecule has 0 aliphatic carbocycles. The fourth-order valence-electron chi connectivity index (χ4n) is 1.55. The van der Waals surface area contributed by atoms with E-state index >= 15 is 0 Å². The van der Waals surface area contributed by atoms with E-state index in [1.165, 1.54) is 18.2 Å². The Morgan fingerprint density at radius 1 is 1.33 bits per heavy atom. The zero-order valence-corrected chi connectivity index (χ0v) is 9.88. The number of benzene rings is 1. The predicted molar refractivity (Wildman–Crippen MR) is 59.4 cm³/mol. The molecular weight excluding hydrogens is 250 g/mol. The molecule has 1 aromatic carbocycles. The Hall–Kier alpha value is -1.14. The summed E-state index contributed by atoms with van der Waals surface area (Å²) in [5.74, 6) is -0.531. The van der Waals surface area contributed by atoms with E-state index in [0.29, 0.717) is 12.0 Å². The van der Waals surface area contributed by atoms with Crippen LogP contribution in [0.3, 0.4) is 0 Å². The second-order valence-corrected chi connectivity index (χ2v) is 3.97. The van der Waals surface area contributed by atoms with Crippen LogP contribution in [0.5, 0.6) is 0 Å². The Bertz CT molecular complexity index is 381. The van der Waals surface area contributed by atoms with Crippen molar-refractivity contribution in [2.75, 3.05) is 6.61 Å². The van der Waals surface area contributed by atoms with Crippen LogP contribution in [0.2, 0.25) is 0 Å². The fourth-order valence-corrected chi connectivity index (χ4v) is 1.55. The quantitative estimate of drug-likeness (QED) is 0.830. The number of halogens is 4. The van der Waals surface area contributed by atoms with E-state index in [1.807, 2.05) is 0 Å². The topological polar surface area (TPSA) is 35.2 Å². The van der Waals surface area contributed by atoms with Gasteiger partial charge in [-0.15, -0.1) is 0 Å². The third kappa shape index (κ3) is 4.62. The maximum atomic E-state index is 13.1. The minimum absolute atomic E-state index is 0.314. The normalized spacial score (nSPS) is 15.4. The molecule has 0 aromatic heterocycles. The molecule has 0 aliphatic rings. The summed E-state index contributed by atoms with van der Waals surface area (Å²) in [5, 5.41) is 0. The van der Waals surface area contributed by atoms with Gasteiger partial charge in [-0.25, -0.2) is 4.39 Å². The van der Waals surface area contributed by atoms with Gasteiger partial charge in [0.2, 0.25) is 0 Å². The van der Waals surface area contributed by atoms with Gasteiger partial charge in [0, 0.05) is 6.04 Å². The lowest BCUT2D eigenvalue weighted by atomic mass is 10.0. The fraction of sp³-hybridized carbons (Fsp3) is 0.500. The summed E-state index contributed by atoms with van der Waals surface area (Å²) >= 11 is 0. The van der Waals surface area contributed by atoms with Crippen molar-refractivity contribution < 1.29 is 22.3 Å². The highest BCUT2D eigenvalue weighted by Gasteiger charge is 2.31. The number of rotatable bonds is 5. The highest BCUT2D eigenvalue weighted by atomic mass is 19.4. The summed E-state index contributed by atoms with van der Waals surface area (Å²) in [6, 6.07) is 4.64. The van der Waals surface area contributed by atoms with Gasteiger partial charge in [0.15, 0.2) is 0 Å². The molecule has 2 nitrogen and oxygen atoms in total. The van der Waals surface area contributed by atoms with E-state index in [1.54, 1.807) is 6.92 Å². The van der Waals surface area contributed by atoms with E-state index in [4.69, 9.17) is 10.5 Å². The van der Waals surface area contributed by atoms with E-state index in [9.17, 15) is 17.6 Å². The maximum Gasteiger partial charge on any atom is 0.411 e. The molecule has 0 bridgehead atoms. The number of hydrogen-bond acceptors (Lipinski definition) is 2. The van der Waals surface area contributed by atoms with Crippen molar-refractivity contribution in [2.24, 2.45) is 5.73 Å². The van der Waals surface area contributed by atoms with Crippen molar-refractivity contribution in [3.05, 3.63) is 35.6 Å². The molecule has 0 amide bonds. The summed E-state index contributed by atoms with van der Waals surface area (Å²) in [6.45, 7) is 0.329. The van der Waals surface area contributed by atoms with Crippen LogP contribution < -0.4 is 5.73 Å². The van der Waals surface area contributed by atoms with Crippen molar-refractivity contribution in [1.29, 1.82) is 0 Å². The molecule has 0 saturated heterocycles. The molecule has 0 saturated carbocycles. The lowest BCUT2D eigenvalue weighted by Gasteiger charge is -2.24. The SMILES string of the molecule is CCC(N)C(OCC(F)(F)F)c1cccc(F)c1. The zero-order valence-electron chi connectivity index (χ0n) is 9.88. The third-order valence-electron chi connectivity index (χ3n) is 2.46. The second kappa shape index (κ2) is 6.15. The van der Waals surface area contributed by atoms with Crippen molar-refractivity contribution in [3.8, 4) is 0 Å². The van der Waals surface area contributed by atoms with Gasteiger partial charge >= 0.3 is 6.18 Å². The van der Waals surface area contributed by atoms with Crippen LogP contribution in [0.4, 0.5) is 17.6 Å². The minimum Gasteiger partial charge on any atom is -0.362 e. The number of alkyl halides is 3. The first-order valence-corrected chi connectivity index (χ1v) is 5.53. The summed E-state index contributed by atoms with van der Waals surface area (Å²) < 4.78 is 54.2. The van der Waals surface area contributed by atoms with E-state index in [2.05, 4.69) is 0 Å². The highest BCUT2D eigenvalue weighted by molar-refractivity contribution is 5.20. The predicted octanol–water partition coefficient (Wildman–Crippen LogP) is 3.18. The van der Waals surface area contributed by atoms with Crippen LogP contribution in [-0.2, 0) is 4.74 Å². The first kappa shape index (κ1) is 14.9. The Labute approximate surface area is 103 Å². The number of nitrogens with two attached hydrogens (primary N) is 1. The van der Waals surface area contributed by atoms with Gasteiger partial charge < -0.3 is 10.5 Å². The molecule has 6 heteroatoms. The molecule has 18 heavy (non-hydrogen) atoms. The van der Waals surface area contributed by atoms with Crippen molar-refractivity contribution in [1.82, 2.24) is 0 Å². The van der Waals surface area contributed by atoms with Gasteiger partial charge in [-0.2, -0.15) is 13.2 Å². The third-order valence-corrected chi connectivity index (χ3v) is 2.46. The minimum atomic E-state index is -4.43. The monoisotopic (exact) mass is 265 g/mol. The van der Waals surface area contributed by atoms with Crippen LogP contribution in [0.25, 0.3) is 0 Å². The maximum absolute atomic E-state index is 13.1. The summed E-state index contributed by atoms with van der Waals surface area (Å²) in [6.07, 6.45) is -4.97. The van der Waals surface area contributed by atoms with Crippen LogP contribution in [-0.4, -0.2) is 18.8 Å². The average Bonchev–Trinajstić information content (AvgIpc) is 2.27. The Kier molecular flexibility index (Phi) is 5.10. The van der Waals surface area contributed by atoms with E-state index < -0.39 is 30.7 Å². The Morgan fingerprint density at radius 3 is 2.50 bits per heavy atom. The first-order valence-electron chi connectivity index (χ1n) is 5.53. The molecule has 0 spiro atoms. The van der Waals surface area contributed by atoms with E-state index in [-0.39, 0.29) is 0 Å². The van der Waals surface area contributed by atoms with Gasteiger partial charge in [0.05, 0.1) is 6.10 Å². The van der Waals surface area contributed by atoms with Crippen molar-refractivity contribution >= 4 is 0 Å². The second-order valence-electron chi connectivity index (χ2n) is 3.97. The van der Waals surface area contributed by atoms with Crippen LogP contribution in [0.15, 0.2) is 24.3 Å². The molecule has 2 N–H and O–H groups in total. The van der Waals surface area contributed by atoms with Crippen molar-refractivity contribution in [2.45, 2.75) is 31.7 Å². The zero-order chi connectivity index (χ0) is 13.8. The first-order chi connectivity index (χ1) is 8.33. The Balaban J connectivity index is 2.85. The van der Waals surface area contributed by atoms with Crippen molar-refractivity contribution in [3.63, 3.8) is 0 Å². The van der Waals surface area contributed by atoms with Gasteiger partial charge in [0.1, 0.15) is 12.4 Å². The Morgan fingerprint density at radius 2 is 2.00 bits per heavy atom. The van der Waals surface area contributed by atoms with E-state index in [0.717, 1.165) is 6.07 Å². The number of ether oxygens (including phenoxy) is 1. The van der Waals surface area contributed by atoms with Crippen LogP contribution in [0.1, 0.15) is 25.0 Å². The largest absolute Gasteiger partial charge is 0.411 e. The molecule has 2 unspecified atom stereocenters. The molecule has 0 aliphatic heterocycles.